The van der Waals surface area contributed by atoms with Crippen molar-refractivity contribution >= 4 is 11.3 Å². The van der Waals surface area contributed by atoms with Crippen molar-refractivity contribution in [1.82, 2.24) is 5.32 Å². The first-order chi connectivity index (χ1) is 9.56. The van der Waals surface area contributed by atoms with Crippen LogP contribution in [0.5, 0.6) is 5.75 Å². The highest BCUT2D eigenvalue weighted by atomic mass is 32.1. The molecule has 0 saturated heterocycles. The summed E-state index contributed by atoms with van der Waals surface area (Å²) in [6.07, 6.45) is 0. The van der Waals surface area contributed by atoms with E-state index in [4.69, 9.17) is 4.74 Å². The number of hydrogen-bond acceptors (Lipinski definition) is 3. The predicted molar refractivity (Wildman–Crippen MR) is 82.3 cm³/mol. The lowest BCUT2D eigenvalue weighted by Gasteiger charge is -2.19. The maximum atomic E-state index is 13.9. The van der Waals surface area contributed by atoms with E-state index in [9.17, 15) is 4.39 Å². The molecule has 1 aromatic carbocycles. The third-order valence-corrected chi connectivity index (χ3v) is 4.29. The van der Waals surface area contributed by atoms with Gasteiger partial charge < -0.3 is 10.1 Å². The van der Waals surface area contributed by atoms with Gasteiger partial charge in [0.2, 0.25) is 0 Å². The van der Waals surface area contributed by atoms with Crippen LogP contribution in [0.1, 0.15) is 33.8 Å². The summed E-state index contributed by atoms with van der Waals surface area (Å²) in [6.45, 7) is 7.09. The molecule has 2 aromatic rings. The first kappa shape index (κ1) is 15.0. The van der Waals surface area contributed by atoms with Crippen LogP contribution in [0, 0.1) is 19.7 Å². The summed E-state index contributed by atoms with van der Waals surface area (Å²) in [5, 5.41) is 3.43. The largest absolute Gasteiger partial charge is 0.494 e. The summed E-state index contributed by atoms with van der Waals surface area (Å²) in [4.78, 5) is 2.54. The average Bonchev–Trinajstić information content (AvgIpc) is 2.74. The zero-order chi connectivity index (χ0) is 14.7. The molecular weight excluding hydrogens is 273 g/mol. The Bertz CT molecular complexity index is 594. The van der Waals surface area contributed by atoms with E-state index in [1.54, 1.807) is 23.5 Å². The average molecular weight is 293 g/mol. The van der Waals surface area contributed by atoms with Crippen LogP contribution < -0.4 is 10.1 Å². The van der Waals surface area contributed by atoms with E-state index < -0.39 is 0 Å². The number of nitrogens with one attached hydrogen (secondary N) is 1. The number of halogens is 1. The summed E-state index contributed by atoms with van der Waals surface area (Å²) in [5.74, 6) is -0.0419. The van der Waals surface area contributed by atoms with Gasteiger partial charge in [0.05, 0.1) is 13.2 Å². The van der Waals surface area contributed by atoms with E-state index >= 15 is 0 Å². The molecule has 0 aliphatic rings. The summed E-state index contributed by atoms with van der Waals surface area (Å²) in [6, 6.07) is 7.35. The molecule has 0 aliphatic heterocycles. The molecule has 1 aromatic heterocycles. The fraction of sp³-hybridized carbons (Fsp3) is 0.375. The summed E-state index contributed by atoms with van der Waals surface area (Å²) in [7, 11) is 1.48. The quantitative estimate of drug-likeness (QED) is 0.891. The standard InChI is InChI=1S/C16H20FNOS/c1-5-18-16(13-8-10(2)20-11(13)3)12-6-7-15(19-4)14(17)9-12/h6-9,16,18H,5H2,1-4H3. The lowest BCUT2D eigenvalue weighted by atomic mass is 9.98. The summed E-state index contributed by atoms with van der Waals surface area (Å²) < 4.78 is 18.9. The lowest BCUT2D eigenvalue weighted by Crippen LogP contribution is -2.22. The predicted octanol–water partition coefficient (Wildman–Crippen LogP) is 4.21. The number of benzene rings is 1. The van der Waals surface area contributed by atoms with Gasteiger partial charge in [0.1, 0.15) is 0 Å². The molecule has 0 radical (unpaired) electrons. The van der Waals surface area contributed by atoms with Crippen LogP contribution in [0.25, 0.3) is 0 Å². The highest BCUT2D eigenvalue weighted by Gasteiger charge is 2.18. The normalized spacial score (nSPS) is 12.4. The van der Waals surface area contributed by atoms with E-state index in [-0.39, 0.29) is 17.6 Å². The van der Waals surface area contributed by atoms with Gasteiger partial charge in [0.25, 0.3) is 0 Å². The molecule has 1 unspecified atom stereocenters. The smallest absolute Gasteiger partial charge is 0.165 e. The van der Waals surface area contributed by atoms with Crippen molar-refractivity contribution < 1.29 is 9.13 Å². The topological polar surface area (TPSA) is 21.3 Å². The van der Waals surface area contributed by atoms with Gasteiger partial charge in [-0.25, -0.2) is 4.39 Å². The van der Waals surface area contributed by atoms with Gasteiger partial charge in [-0.1, -0.05) is 13.0 Å². The Morgan fingerprint density at radius 1 is 1.30 bits per heavy atom. The third kappa shape index (κ3) is 3.02. The van der Waals surface area contributed by atoms with Gasteiger partial charge in [0, 0.05) is 9.75 Å². The second-order valence-corrected chi connectivity index (χ2v) is 6.21. The molecule has 0 saturated carbocycles. The first-order valence-corrected chi connectivity index (χ1v) is 7.52. The second-order valence-electron chi connectivity index (χ2n) is 4.75. The van der Waals surface area contributed by atoms with Crippen LogP contribution in [-0.2, 0) is 0 Å². The third-order valence-electron chi connectivity index (χ3n) is 3.31. The molecule has 0 aliphatic carbocycles. The molecule has 0 spiro atoms. The fourth-order valence-corrected chi connectivity index (χ4v) is 3.37. The Hall–Kier alpha value is -1.39. The van der Waals surface area contributed by atoms with Gasteiger partial charge in [-0.05, 0) is 49.7 Å². The van der Waals surface area contributed by atoms with Gasteiger partial charge in [-0.2, -0.15) is 0 Å². The van der Waals surface area contributed by atoms with Gasteiger partial charge in [0.15, 0.2) is 11.6 Å². The van der Waals surface area contributed by atoms with Gasteiger partial charge >= 0.3 is 0 Å². The summed E-state index contributed by atoms with van der Waals surface area (Å²) >= 11 is 1.77. The van der Waals surface area contributed by atoms with Crippen molar-refractivity contribution in [2.24, 2.45) is 0 Å². The minimum Gasteiger partial charge on any atom is -0.494 e. The van der Waals surface area contributed by atoms with E-state index in [0.29, 0.717) is 0 Å². The summed E-state index contributed by atoms with van der Waals surface area (Å²) in [5.41, 5.74) is 2.14. The molecule has 2 nitrogen and oxygen atoms in total. The molecule has 2 rings (SSSR count). The van der Waals surface area contributed by atoms with Crippen LogP contribution in [0.15, 0.2) is 24.3 Å². The van der Waals surface area contributed by atoms with E-state index in [1.807, 2.05) is 6.07 Å². The van der Waals surface area contributed by atoms with Crippen molar-refractivity contribution in [3.8, 4) is 5.75 Å². The van der Waals surface area contributed by atoms with E-state index in [0.717, 1.165) is 12.1 Å². The Morgan fingerprint density at radius 2 is 2.05 bits per heavy atom. The minimum absolute atomic E-state index is 0.0188. The fourth-order valence-electron chi connectivity index (χ4n) is 2.41. The first-order valence-electron chi connectivity index (χ1n) is 6.70. The van der Waals surface area contributed by atoms with E-state index in [1.165, 1.54) is 22.4 Å². The van der Waals surface area contributed by atoms with Crippen molar-refractivity contribution in [2.75, 3.05) is 13.7 Å². The number of thiophene rings is 1. The van der Waals surface area contributed by atoms with Crippen LogP contribution in [-0.4, -0.2) is 13.7 Å². The van der Waals surface area contributed by atoms with Gasteiger partial charge in [-0.15, -0.1) is 11.3 Å². The molecule has 0 amide bonds. The Morgan fingerprint density at radius 3 is 2.55 bits per heavy atom. The molecule has 1 N–H and O–H groups in total. The molecule has 0 bridgehead atoms. The maximum absolute atomic E-state index is 13.9. The minimum atomic E-state index is -0.322. The van der Waals surface area contributed by atoms with Crippen LogP contribution >= 0.6 is 11.3 Å². The molecular formula is C16H20FNOS. The van der Waals surface area contributed by atoms with Crippen LogP contribution in [0.2, 0.25) is 0 Å². The van der Waals surface area contributed by atoms with Crippen molar-refractivity contribution in [1.29, 1.82) is 0 Å². The molecule has 108 valence electrons. The highest BCUT2D eigenvalue weighted by molar-refractivity contribution is 7.12. The molecule has 0 fully saturated rings. The molecule has 20 heavy (non-hydrogen) atoms. The Labute approximate surface area is 123 Å². The Balaban J connectivity index is 2.43. The van der Waals surface area contributed by atoms with Crippen LogP contribution in [0.4, 0.5) is 4.39 Å². The lowest BCUT2D eigenvalue weighted by molar-refractivity contribution is 0.385. The van der Waals surface area contributed by atoms with Gasteiger partial charge in [-0.3, -0.25) is 0 Å². The number of aryl methyl sites for hydroxylation is 2. The number of hydrogen-bond donors (Lipinski definition) is 1. The van der Waals surface area contributed by atoms with Crippen molar-refractivity contribution in [3.05, 3.63) is 51.0 Å². The maximum Gasteiger partial charge on any atom is 0.165 e. The monoisotopic (exact) mass is 293 g/mol. The zero-order valence-corrected chi connectivity index (χ0v) is 13.1. The number of methoxy groups -OCH3 is 1. The molecule has 1 heterocycles. The zero-order valence-electron chi connectivity index (χ0n) is 12.3. The van der Waals surface area contributed by atoms with Crippen LogP contribution in [0.3, 0.4) is 0 Å². The molecule has 4 heteroatoms. The number of ether oxygens (including phenoxy) is 1. The van der Waals surface area contributed by atoms with E-state index in [2.05, 4.69) is 32.2 Å². The van der Waals surface area contributed by atoms with Crippen molar-refractivity contribution in [2.45, 2.75) is 26.8 Å². The second kappa shape index (κ2) is 6.37. The SMILES string of the molecule is CCNC(c1ccc(OC)c(F)c1)c1cc(C)sc1C. The number of rotatable bonds is 5. The highest BCUT2D eigenvalue weighted by Crippen LogP contribution is 2.32. The Kier molecular flexibility index (Phi) is 4.78. The van der Waals surface area contributed by atoms with Crippen molar-refractivity contribution in [3.63, 3.8) is 0 Å². The molecule has 1 atom stereocenters.